The summed E-state index contributed by atoms with van der Waals surface area (Å²) in [4.78, 5) is 11.1. The average molecular weight is 200 g/mol. The van der Waals surface area contributed by atoms with Gasteiger partial charge in [-0.25, -0.2) is 0 Å². The maximum atomic E-state index is 11.1. The largest absolute Gasteiger partial charge is 0.295 e. The summed E-state index contributed by atoms with van der Waals surface area (Å²) >= 11 is 0. The number of nitrogens with zero attached hydrogens (tertiary/aromatic N) is 1. The van der Waals surface area contributed by atoms with Crippen molar-refractivity contribution in [2.75, 3.05) is 0 Å². The molecule has 2 aromatic rings. The highest BCUT2D eigenvalue weighted by molar-refractivity contribution is 5.94. The van der Waals surface area contributed by atoms with Crippen LogP contribution in [0.4, 0.5) is 0 Å². The molecule has 0 aliphatic carbocycles. The summed E-state index contributed by atoms with van der Waals surface area (Å²) in [5.41, 5.74) is 3.92. The van der Waals surface area contributed by atoms with Crippen LogP contribution in [0.5, 0.6) is 0 Å². The van der Waals surface area contributed by atoms with Gasteiger partial charge in [0.2, 0.25) is 0 Å². The minimum absolute atomic E-state index is 0.0884. The van der Waals surface area contributed by atoms with Crippen molar-refractivity contribution in [3.05, 3.63) is 41.7 Å². The number of ketones is 1. The Kier molecular flexibility index (Phi) is 2.37. The van der Waals surface area contributed by atoms with Crippen LogP contribution in [0.15, 0.2) is 30.5 Å². The Morgan fingerprint density at radius 1 is 1.27 bits per heavy atom. The molecule has 0 spiro atoms. The van der Waals surface area contributed by atoms with E-state index in [1.807, 2.05) is 31.2 Å². The zero-order chi connectivity index (χ0) is 10.8. The van der Waals surface area contributed by atoms with Crippen LogP contribution >= 0.6 is 0 Å². The normalized spacial score (nSPS) is 10.3. The maximum Gasteiger partial charge on any atom is 0.159 e. The average Bonchev–Trinajstić information content (AvgIpc) is 2.65. The SMILES string of the molecule is CC(=O)c1ccc(-c2cn[nH]c2C)cc1. The fourth-order valence-electron chi connectivity index (χ4n) is 1.53. The third-order valence-electron chi connectivity index (χ3n) is 2.43. The number of carbonyl (C=O) groups excluding carboxylic acids is 1. The second-order valence-corrected chi connectivity index (χ2v) is 3.54. The molecule has 0 radical (unpaired) electrons. The maximum absolute atomic E-state index is 11.1. The second-order valence-electron chi connectivity index (χ2n) is 3.54. The van der Waals surface area contributed by atoms with E-state index in [-0.39, 0.29) is 5.78 Å². The smallest absolute Gasteiger partial charge is 0.159 e. The number of H-pyrrole nitrogens is 1. The number of aromatic nitrogens is 2. The summed E-state index contributed by atoms with van der Waals surface area (Å²) in [7, 11) is 0. The van der Waals surface area contributed by atoms with Crippen LogP contribution in [0.3, 0.4) is 0 Å². The van der Waals surface area contributed by atoms with E-state index < -0.39 is 0 Å². The van der Waals surface area contributed by atoms with Crippen LogP contribution in [0.1, 0.15) is 23.0 Å². The van der Waals surface area contributed by atoms with Gasteiger partial charge in [-0.15, -0.1) is 0 Å². The lowest BCUT2D eigenvalue weighted by Crippen LogP contribution is -1.90. The highest BCUT2D eigenvalue weighted by Gasteiger charge is 2.04. The zero-order valence-corrected chi connectivity index (χ0v) is 8.74. The number of carbonyl (C=O) groups is 1. The first-order chi connectivity index (χ1) is 7.18. The van der Waals surface area contributed by atoms with E-state index in [4.69, 9.17) is 0 Å². The van der Waals surface area contributed by atoms with Crippen molar-refractivity contribution in [3.63, 3.8) is 0 Å². The standard InChI is InChI=1S/C12H12N2O/c1-8-12(7-13-14-8)11-5-3-10(4-6-11)9(2)15/h3-7H,1-2H3,(H,13,14). The molecule has 76 valence electrons. The molecular formula is C12H12N2O. The summed E-state index contributed by atoms with van der Waals surface area (Å²) in [6.07, 6.45) is 1.79. The molecule has 0 atom stereocenters. The van der Waals surface area contributed by atoms with Gasteiger partial charge in [0, 0.05) is 16.8 Å². The first kappa shape index (κ1) is 9.65. The minimum Gasteiger partial charge on any atom is -0.295 e. The van der Waals surface area contributed by atoms with Crippen molar-refractivity contribution in [2.24, 2.45) is 0 Å². The van der Waals surface area contributed by atoms with Gasteiger partial charge in [0.05, 0.1) is 6.20 Å². The first-order valence-corrected chi connectivity index (χ1v) is 4.80. The molecule has 0 bridgehead atoms. The van der Waals surface area contributed by atoms with E-state index in [1.54, 1.807) is 13.1 Å². The molecule has 0 amide bonds. The van der Waals surface area contributed by atoms with Crippen LogP contribution in [0.2, 0.25) is 0 Å². The fourth-order valence-corrected chi connectivity index (χ4v) is 1.53. The van der Waals surface area contributed by atoms with Gasteiger partial charge < -0.3 is 0 Å². The molecule has 0 saturated heterocycles. The molecule has 0 saturated carbocycles. The number of nitrogens with one attached hydrogen (secondary N) is 1. The molecular weight excluding hydrogens is 188 g/mol. The monoisotopic (exact) mass is 200 g/mol. The molecule has 2 rings (SSSR count). The zero-order valence-electron chi connectivity index (χ0n) is 8.74. The van der Waals surface area contributed by atoms with Crippen molar-refractivity contribution in [3.8, 4) is 11.1 Å². The predicted molar refractivity (Wildman–Crippen MR) is 58.8 cm³/mol. The van der Waals surface area contributed by atoms with E-state index in [9.17, 15) is 4.79 Å². The van der Waals surface area contributed by atoms with Gasteiger partial charge in [-0.1, -0.05) is 24.3 Å². The Balaban J connectivity index is 2.40. The number of hydrogen-bond acceptors (Lipinski definition) is 2. The highest BCUT2D eigenvalue weighted by Crippen LogP contribution is 2.21. The number of aryl methyl sites for hydroxylation is 1. The second kappa shape index (κ2) is 3.69. The van der Waals surface area contributed by atoms with Gasteiger partial charge in [-0.2, -0.15) is 5.10 Å². The quantitative estimate of drug-likeness (QED) is 0.757. The summed E-state index contributed by atoms with van der Waals surface area (Å²) in [6.45, 7) is 3.54. The van der Waals surface area contributed by atoms with Gasteiger partial charge in [0.15, 0.2) is 5.78 Å². The van der Waals surface area contributed by atoms with Crippen LogP contribution in [0, 0.1) is 6.92 Å². The first-order valence-electron chi connectivity index (χ1n) is 4.80. The lowest BCUT2D eigenvalue weighted by Gasteiger charge is -2.00. The van der Waals surface area contributed by atoms with Crippen LogP contribution in [-0.4, -0.2) is 16.0 Å². The molecule has 1 aromatic carbocycles. The van der Waals surface area contributed by atoms with Gasteiger partial charge >= 0.3 is 0 Å². The molecule has 0 fully saturated rings. The molecule has 0 aliphatic rings. The van der Waals surface area contributed by atoms with E-state index in [1.165, 1.54) is 0 Å². The summed E-state index contributed by atoms with van der Waals surface area (Å²) in [5, 5.41) is 6.85. The summed E-state index contributed by atoms with van der Waals surface area (Å²) in [5.74, 6) is 0.0884. The molecule has 0 unspecified atom stereocenters. The lowest BCUT2D eigenvalue weighted by atomic mass is 10.0. The van der Waals surface area contributed by atoms with Crippen molar-refractivity contribution in [2.45, 2.75) is 13.8 Å². The van der Waals surface area contributed by atoms with Gasteiger partial charge in [0.25, 0.3) is 0 Å². The van der Waals surface area contributed by atoms with E-state index in [0.717, 1.165) is 22.4 Å². The Labute approximate surface area is 88.1 Å². The Bertz CT molecular complexity index is 483. The number of benzene rings is 1. The topological polar surface area (TPSA) is 45.8 Å². The molecule has 15 heavy (non-hydrogen) atoms. The number of hydrogen-bond donors (Lipinski definition) is 1. The fraction of sp³-hybridized carbons (Fsp3) is 0.167. The van der Waals surface area contributed by atoms with Gasteiger partial charge in [-0.05, 0) is 19.4 Å². The van der Waals surface area contributed by atoms with Crippen LogP contribution < -0.4 is 0 Å². The Morgan fingerprint density at radius 3 is 2.40 bits per heavy atom. The van der Waals surface area contributed by atoms with E-state index in [0.29, 0.717) is 0 Å². The number of rotatable bonds is 2. The molecule has 1 N–H and O–H groups in total. The van der Waals surface area contributed by atoms with Crippen molar-refractivity contribution in [1.82, 2.24) is 10.2 Å². The Hall–Kier alpha value is -1.90. The minimum atomic E-state index is 0.0884. The van der Waals surface area contributed by atoms with Crippen molar-refractivity contribution >= 4 is 5.78 Å². The summed E-state index contributed by atoms with van der Waals surface area (Å²) in [6, 6.07) is 7.55. The van der Waals surface area contributed by atoms with E-state index >= 15 is 0 Å². The van der Waals surface area contributed by atoms with Crippen molar-refractivity contribution in [1.29, 1.82) is 0 Å². The van der Waals surface area contributed by atoms with E-state index in [2.05, 4.69) is 10.2 Å². The lowest BCUT2D eigenvalue weighted by molar-refractivity contribution is 0.101. The highest BCUT2D eigenvalue weighted by atomic mass is 16.1. The third kappa shape index (κ3) is 1.81. The van der Waals surface area contributed by atoms with Crippen LogP contribution in [0.25, 0.3) is 11.1 Å². The van der Waals surface area contributed by atoms with Crippen molar-refractivity contribution < 1.29 is 4.79 Å². The molecule has 1 heterocycles. The molecule has 1 aromatic heterocycles. The van der Waals surface area contributed by atoms with Gasteiger partial charge in [-0.3, -0.25) is 9.89 Å². The van der Waals surface area contributed by atoms with Gasteiger partial charge in [0.1, 0.15) is 0 Å². The van der Waals surface area contributed by atoms with Crippen LogP contribution in [-0.2, 0) is 0 Å². The third-order valence-corrected chi connectivity index (χ3v) is 2.43. The molecule has 3 nitrogen and oxygen atoms in total. The Morgan fingerprint density at radius 2 is 1.93 bits per heavy atom. The predicted octanol–water partition coefficient (Wildman–Crippen LogP) is 2.59. The molecule has 3 heteroatoms. The molecule has 0 aliphatic heterocycles. The number of aromatic amines is 1. The summed E-state index contributed by atoms with van der Waals surface area (Å²) < 4.78 is 0. The number of Topliss-reactive ketones (excluding diaryl/α,β-unsaturated/α-hetero) is 1.